The second kappa shape index (κ2) is 7.64. The third-order valence-corrected chi connectivity index (χ3v) is 4.04. The Kier molecular flexibility index (Phi) is 5.33. The van der Waals surface area contributed by atoms with E-state index in [0.29, 0.717) is 24.7 Å². The Balaban J connectivity index is 1.92. The van der Waals surface area contributed by atoms with Crippen LogP contribution < -0.4 is 14.8 Å². The van der Waals surface area contributed by atoms with Gasteiger partial charge in [0.15, 0.2) is 17.6 Å². The molecule has 0 radical (unpaired) electrons. The van der Waals surface area contributed by atoms with Crippen LogP contribution in [0.2, 0.25) is 0 Å². The normalized spacial score (nSPS) is 18.9. The van der Waals surface area contributed by atoms with Crippen LogP contribution in [-0.2, 0) is 4.74 Å². The van der Waals surface area contributed by atoms with Gasteiger partial charge in [0, 0.05) is 19.2 Å². The first-order chi connectivity index (χ1) is 11.7. The van der Waals surface area contributed by atoms with Crippen molar-refractivity contribution in [2.24, 2.45) is 0 Å². The summed E-state index contributed by atoms with van der Waals surface area (Å²) in [5, 5.41) is 3.33. The van der Waals surface area contributed by atoms with E-state index in [1.165, 1.54) is 19.2 Å². The van der Waals surface area contributed by atoms with Crippen LogP contribution in [0.25, 0.3) is 0 Å². The number of morpholine rings is 1. The molecule has 1 heterocycles. The summed E-state index contributed by atoms with van der Waals surface area (Å²) in [5.41, 5.74) is 2.17. The lowest BCUT2D eigenvalue weighted by Gasteiger charge is -2.32. The Hall–Kier alpha value is -2.11. The summed E-state index contributed by atoms with van der Waals surface area (Å²) in [6.45, 7) is 4.20. The molecule has 1 aliphatic rings. The molecule has 1 saturated heterocycles. The molecular weight excluding hydrogens is 309 g/mol. The number of hydrogen-bond acceptors (Lipinski definition) is 4. The number of methoxy groups -OCH3 is 1. The fourth-order valence-electron chi connectivity index (χ4n) is 2.86. The molecule has 0 unspecified atom stereocenters. The maximum Gasteiger partial charge on any atom is 0.163 e. The van der Waals surface area contributed by atoms with Crippen molar-refractivity contribution in [3.8, 4) is 11.5 Å². The summed E-state index contributed by atoms with van der Waals surface area (Å²) >= 11 is 0. The third-order valence-electron chi connectivity index (χ3n) is 4.04. The molecule has 5 heteroatoms. The molecule has 128 valence electrons. The van der Waals surface area contributed by atoms with Crippen molar-refractivity contribution in [2.45, 2.75) is 19.1 Å². The average molecular weight is 331 g/mol. The van der Waals surface area contributed by atoms with Crippen molar-refractivity contribution < 1.29 is 18.6 Å². The first-order valence-electron chi connectivity index (χ1n) is 8.06. The SMILES string of the molecule is COc1cc(F)ccc1O[C@@H](c1cccc(C)c1)[C@@H]1CNCCO1. The van der Waals surface area contributed by atoms with Gasteiger partial charge in [0.25, 0.3) is 0 Å². The van der Waals surface area contributed by atoms with E-state index in [2.05, 4.69) is 11.4 Å². The van der Waals surface area contributed by atoms with Gasteiger partial charge in [-0.3, -0.25) is 0 Å². The van der Waals surface area contributed by atoms with Crippen LogP contribution in [0, 0.1) is 12.7 Å². The lowest BCUT2D eigenvalue weighted by atomic mass is 10.0. The predicted molar refractivity (Wildman–Crippen MR) is 90.1 cm³/mol. The first-order valence-corrected chi connectivity index (χ1v) is 8.06. The van der Waals surface area contributed by atoms with Crippen LogP contribution >= 0.6 is 0 Å². The van der Waals surface area contributed by atoms with E-state index in [1.54, 1.807) is 6.07 Å². The van der Waals surface area contributed by atoms with Gasteiger partial charge in [-0.25, -0.2) is 4.39 Å². The van der Waals surface area contributed by atoms with E-state index in [9.17, 15) is 4.39 Å². The molecule has 0 spiro atoms. The van der Waals surface area contributed by atoms with E-state index in [0.717, 1.165) is 17.7 Å². The minimum absolute atomic E-state index is 0.129. The van der Waals surface area contributed by atoms with E-state index in [1.807, 2.05) is 25.1 Å². The van der Waals surface area contributed by atoms with Gasteiger partial charge in [0.05, 0.1) is 13.7 Å². The minimum Gasteiger partial charge on any atom is -0.493 e. The highest BCUT2D eigenvalue weighted by Crippen LogP contribution is 2.34. The van der Waals surface area contributed by atoms with Crippen molar-refractivity contribution in [1.82, 2.24) is 5.32 Å². The molecule has 24 heavy (non-hydrogen) atoms. The van der Waals surface area contributed by atoms with Gasteiger partial charge in [0.1, 0.15) is 11.9 Å². The molecule has 1 aliphatic heterocycles. The molecule has 2 atom stereocenters. The number of hydrogen-bond donors (Lipinski definition) is 1. The maximum atomic E-state index is 13.4. The zero-order chi connectivity index (χ0) is 16.9. The Morgan fingerprint density at radius 1 is 1.21 bits per heavy atom. The quantitative estimate of drug-likeness (QED) is 0.913. The lowest BCUT2D eigenvalue weighted by Crippen LogP contribution is -2.43. The molecule has 1 N–H and O–H groups in total. The number of aryl methyl sites for hydroxylation is 1. The summed E-state index contributed by atoms with van der Waals surface area (Å²) in [4.78, 5) is 0. The minimum atomic E-state index is -0.359. The Morgan fingerprint density at radius 2 is 2.08 bits per heavy atom. The van der Waals surface area contributed by atoms with Crippen molar-refractivity contribution in [3.05, 3.63) is 59.4 Å². The number of nitrogens with one attached hydrogen (secondary N) is 1. The molecule has 2 aromatic rings. The van der Waals surface area contributed by atoms with Gasteiger partial charge in [-0.15, -0.1) is 0 Å². The molecule has 2 aromatic carbocycles. The second-order valence-corrected chi connectivity index (χ2v) is 5.86. The molecule has 1 fully saturated rings. The van der Waals surface area contributed by atoms with E-state index in [4.69, 9.17) is 14.2 Å². The topological polar surface area (TPSA) is 39.7 Å². The first kappa shape index (κ1) is 16.7. The van der Waals surface area contributed by atoms with E-state index >= 15 is 0 Å². The van der Waals surface area contributed by atoms with Gasteiger partial charge < -0.3 is 19.5 Å². The predicted octanol–water partition coefficient (Wildman–Crippen LogP) is 3.25. The molecule has 0 aromatic heterocycles. The average Bonchev–Trinajstić information content (AvgIpc) is 2.61. The van der Waals surface area contributed by atoms with E-state index in [-0.39, 0.29) is 18.0 Å². The van der Waals surface area contributed by atoms with Crippen molar-refractivity contribution in [3.63, 3.8) is 0 Å². The van der Waals surface area contributed by atoms with Crippen LogP contribution in [0.1, 0.15) is 17.2 Å². The highest BCUT2D eigenvalue weighted by atomic mass is 19.1. The Bertz CT molecular complexity index is 686. The van der Waals surface area contributed by atoms with E-state index < -0.39 is 0 Å². The monoisotopic (exact) mass is 331 g/mol. The standard InChI is InChI=1S/C19H22FNO3/c1-13-4-3-5-14(10-13)19(18-12-21-8-9-23-18)24-16-7-6-15(20)11-17(16)22-2/h3-7,10-11,18-19,21H,8-9,12H2,1-2H3/t18-,19-/m0/s1. The second-order valence-electron chi connectivity index (χ2n) is 5.86. The number of rotatable bonds is 5. The van der Waals surface area contributed by atoms with Crippen LogP contribution in [-0.4, -0.2) is 32.9 Å². The van der Waals surface area contributed by atoms with Crippen molar-refractivity contribution >= 4 is 0 Å². The van der Waals surface area contributed by atoms with Gasteiger partial charge in [-0.05, 0) is 24.6 Å². The van der Waals surface area contributed by atoms with Gasteiger partial charge in [0.2, 0.25) is 0 Å². The van der Waals surface area contributed by atoms with Crippen molar-refractivity contribution in [1.29, 1.82) is 0 Å². The fraction of sp³-hybridized carbons (Fsp3) is 0.368. The molecule has 0 aliphatic carbocycles. The highest BCUT2D eigenvalue weighted by Gasteiger charge is 2.29. The molecular formula is C19H22FNO3. The molecule has 0 saturated carbocycles. The zero-order valence-corrected chi connectivity index (χ0v) is 13.9. The smallest absolute Gasteiger partial charge is 0.163 e. The highest BCUT2D eigenvalue weighted by molar-refractivity contribution is 5.41. The number of halogens is 1. The molecule has 4 nitrogen and oxygen atoms in total. The van der Waals surface area contributed by atoms with Crippen LogP contribution in [0.4, 0.5) is 4.39 Å². The largest absolute Gasteiger partial charge is 0.493 e. The maximum absolute atomic E-state index is 13.4. The zero-order valence-electron chi connectivity index (χ0n) is 13.9. The summed E-state index contributed by atoms with van der Waals surface area (Å²) < 4.78 is 30.8. The van der Waals surface area contributed by atoms with Crippen LogP contribution in [0.5, 0.6) is 11.5 Å². The third kappa shape index (κ3) is 3.86. The summed E-state index contributed by atoms with van der Waals surface area (Å²) in [5.74, 6) is 0.512. The van der Waals surface area contributed by atoms with Crippen LogP contribution in [0.15, 0.2) is 42.5 Å². The molecule has 3 rings (SSSR count). The summed E-state index contributed by atoms with van der Waals surface area (Å²) in [6.07, 6.45) is -0.438. The molecule has 0 bridgehead atoms. The van der Waals surface area contributed by atoms with Gasteiger partial charge in [-0.2, -0.15) is 0 Å². The summed E-state index contributed by atoms with van der Waals surface area (Å²) in [6, 6.07) is 12.4. The van der Waals surface area contributed by atoms with Gasteiger partial charge >= 0.3 is 0 Å². The molecule has 0 amide bonds. The summed E-state index contributed by atoms with van der Waals surface area (Å²) in [7, 11) is 1.50. The number of ether oxygens (including phenoxy) is 3. The number of benzene rings is 2. The van der Waals surface area contributed by atoms with Crippen molar-refractivity contribution in [2.75, 3.05) is 26.8 Å². The van der Waals surface area contributed by atoms with Gasteiger partial charge in [-0.1, -0.05) is 29.8 Å². The lowest BCUT2D eigenvalue weighted by molar-refractivity contribution is -0.0438. The fourth-order valence-corrected chi connectivity index (χ4v) is 2.86. The van der Waals surface area contributed by atoms with Crippen LogP contribution in [0.3, 0.4) is 0 Å². The Morgan fingerprint density at radius 3 is 2.79 bits per heavy atom. The Labute approximate surface area is 141 Å².